The summed E-state index contributed by atoms with van der Waals surface area (Å²) in [6.07, 6.45) is -0.360. The van der Waals surface area contributed by atoms with E-state index in [0.29, 0.717) is 6.42 Å². The predicted octanol–water partition coefficient (Wildman–Crippen LogP) is 3.41. The number of ether oxygens (including phenoxy) is 1. The number of carbonyl (C=O) groups is 3. The van der Waals surface area contributed by atoms with E-state index >= 15 is 0 Å². The van der Waals surface area contributed by atoms with Gasteiger partial charge in [-0.25, -0.2) is 14.7 Å². The van der Waals surface area contributed by atoms with Gasteiger partial charge in [-0.1, -0.05) is 62.4 Å². The molecule has 2 aromatic rings. The second kappa shape index (κ2) is 10.3. The third-order valence-corrected chi connectivity index (χ3v) is 5.33. The van der Waals surface area contributed by atoms with Gasteiger partial charge in [-0.05, 0) is 34.6 Å². The van der Waals surface area contributed by atoms with Gasteiger partial charge in [0.1, 0.15) is 12.6 Å². The van der Waals surface area contributed by atoms with Crippen LogP contribution >= 0.6 is 0 Å². The van der Waals surface area contributed by atoms with Crippen molar-refractivity contribution < 1.29 is 29.1 Å². The van der Waals surface area contributed by atoms with Crippen LogP contribution in [0, 0.1) is 5.92 Å². The summed E-state index contributed by atoms with van der Waals surface area (Å²) in [7, 11) is 1.32. The van der Waals surface area contributed by atoms with Crippen molar-refractivity contribution in [3.05, 3.63) is 59.7 Å². The highest BCUT2D eigenvalue weighted by atomic mass is 16.7. The predicted molar refractivity (Wildman–Crippen MR) is 118 cm³/mol. The van der Waals surface area contributed by atoms with Crippen molar-refractivity contribution in [3.63, 3.8) is 0 Å². The van der Waals surface area contributed by atoms with Crippen molar-refractivity contribution in [1.29, 1.82) is 0 Å². The topological polar surface area (TPSA) is 105 Å². The lowest BCUT2D eigenvalue weighted by molar-refractivity contribution is -0.187. The molecule has 3 rings (SSSR count). The van der Waals surface area contributed by atoms with Gasteiger partial charge in [0.25, 0.3) is 5.91 Å². The molecule has 0 spiro atoms. The van der Waals surface area contributed by atoms with E-state index in [2.05, 4.69) is 17.4 Å². The monoisotopic (exact) mass is 440 g/mol. The van der Waals surface area contributed by atoms with Gasteiger partial charge in [0.2, 0.25) is 0 Å². The molecule has 0 bridgehead atoms. The molecule has 0 radical (unpaired) electrons. The van der Waals surface area contributed by atoms with Gasteiger partial charge >= 0.3 is 12.1 Å². The van der Waals surface area contributed by atoms with Crippen LogP contribution in [0.25, 0.3) is 11.1 Å². The maximum absolute atomic E-state index is 12.7. The Kier molecular flexibility index (Phi) is 7.48. The zero-order valence-corrected chi connectivity index (χ0v) is 18.4. The average molecular weight is 440 g/mol. The number of carboxylic acids is 1. The molecule has 0 saturated carbocycles. The summed E-state index contributed by atoms with van der Waals surface area (Å²) in [5, 5.41) is 12.2. The molecule has 0 unspecified atom stereocenters. The molecule has 8 nitrogen and oxygen atoms in total. The lowest BCUT2D eigenvalue weighted by Gasteiger charge is -2.24. The highest BCUT2D eigenvalue weighted by Gasteiger charge is 2.30. The van der Waals surface area contributed by atoms with Crippen LogP contribution in [0.3, 0.4) is 0 Å². The van der Waals surface area contributed by atoms with Crippen LogP contribution in [0.5, 0.6) is 0 Å². The van der Waals surface area contributed by atoms with Gasteiger partial charge in [0.15, 0.2) is 6.61 Å². The van der Waals surface area contributed by atoms with E-state index in [1.807, 2.05) is 50.2 Å². The number of rotatable bonds is 9. The Bertz CT molecular complexity index is 944. The smallest absolute Gasteiger partial charge is 0.407 e. The standard InChI is InChI=1S/C24H28N2O6/c1-15(2)12-21(23(29)26(3)32-14-22(27)28)25-24(30)31-13-20-18-10-6-4-8-16(18)17-9-5-7-11-19(17)20/h4-11,15,20-21H,12-14H2,1-3H3,(H,25,30)(H,27,28)/t21-/m0/s1. The van der Waals surface area contributed by atoms with Gasteiger partial charge in [0.05, 0.1) is 0 Å². The molecule has 1 aliphatic rings. The molecule has 0 aliphatic heterocycles. The minimum atomic E-state index is -1.20. The summed E-state index contributed by atoms with van der Waals surface area (Å²) in [5.41, 5.74) is 4.44. The average Bonchev–Trinajstić information content (AvgIpc) is 3.08. The lowest BCUT2D eigenvalue weighted by Crippen LogP contribution is -2.48. The number of aliphatic carboxylic acids is 1. The number of carbonyl (C=O) groups excluding carboxylic acids is 2. The maximum Gasteiger partial charge on any atom is 0.407 e. The van der Waals surface area contributed by atoms with Crippen LogP contribution in [0.2, 0.25) is 0 Å². The molecule has 8 heteroatoms. The van der Waals surface area contributed by atoms with E-state index < -0.39 is 30.6 Å². The van der Waals surface area contributed by atoms with Gasteiger partial charge in [-0.3, -0.25) is 9.63 Å². The fourth-order valence-electron chi connectivity index (χ4n) is 3.91. The van der Waals surface area contributed by atoms with Gasteiger partial charge < -0.3 is 15.2 Å². The molecule has 2 aromatic carbocycles. The number of alkyl carbamates (subject to hydrolysis) is 1. The first-order valence-electron chi connectivity index (χ1n) is 10.5. The van der Waals surface area contributed by atoms with Crippen LogP contribution in [0.1, 0.15) is 37.3 Å². The molecule has 2 amide bonds. The number of hydrogen-bond acceptors (Lipinski definition) is 5. The van der Waals surface area contributed by atoms with E-state index in [-0.39, 0.29) is 18.4 Å². The first-order chi connectivity index (χ1) is 15.3. The summed E-state index contributed by atoms with van der Waals surface area (Å²) in [6, 6.07) is 15.2. The minimum absolute atomic E-state index is 0.0889. The highest BCUT2D eigenvalue weighted by Crippen LogP contribution is 2.44. The molecular formula is C24H28N2O6. The van der Waals surface area contributed by atoms with Crippen LogP contribution in [-0.4, -0.2) is 54.4 Å². The second-order valence-electron chi connectivity index (χ2n) is 8.15. The Hall–Kier alpha value is -3.39. The lowest BCUT2D eigenvalue weighted by atomic mass is 9.98. The highest BCUT2D eigenvalue weighted by molar-refractivity contribution is 5.85. The van der Waals surface area contributed by atoms with Crippen molar-refractivity contribution in [3.8, 4) is 11.1 Å². The van der Waals surface area contributed by atoms with Crippen molar-refractivity contribution >= 4 is 18.0 Å². The van der Waals surface area contributed by atoms with Gasteiger partial charge in [0, 0.05) is 13.0 Å². The second-order valence-corrected chi connectivity index (χ2v) is 8.15. The number of fused-ring (bicyclic) bond motifs is 3. The third-order valence-electron chi connectivity index (χ3n) is 5.33. The van der Waals surface area contributed by atoms with E-state index in [4.69, 9.17) is 14.7 Å². The summed E-state index contributed by atoms with van der Waals surface area (Å²) in [5.74, 6) is -1.73. The first-order valence-corrected chi connectivity index (χ1v) is 10.5. The normalized spacial score (nSPS) is 13.2. The Balaban J connectivity index is 1.65. The van der Waals surface area contributed by atoms with Crippen molar-refractivity contribution in [2.24, 2.45) is 5.92 Å². The largest absolute Gasteiger partial charge is 0.479 e. The van der Waals surface area contributed by atoms with Crippen LogP contribution in [-0.2, 0) is 19.2 Å². The molecule has 32 heavy (non-hydrogen) atoms. The first kappa shape index (κ1) is 23.3. The number of hydroxylamine groups is 2. The molecule has 2 N–H and O–H groups in total. The SMILES string of the molecule is CC(C)C[C@H](NC(=O)OCC1c2ccccc2-c2ccccc21)C(=O)N(C)OCC(=O)O. The summed E-state index contributed by atoms with van der Waals surface area (Å²) >= 11 is 0. The zero-order valence-electron chi connectivity index (χ0n) is 18.4. The summed E-state index contributed by atoms with van der Waals surface area (Å²) in [4.78, 5) is 40.8. The van der Waals surface area contributed by atoms with Gasteiger partial charge in [-0.2, -0.15) is 0 Å². The van der Waals surface area contributed by atoms with E-state index in [9.17, 15) is 14.4 Å². The van der Waals surface area contributed by atoms with E-state index in [1.54, 1.807) is 0 Å². The number of nitrogens with zero attached hydrogens (tertiary/aromatic N) is 1. The molecule has 0 saturated heterocycles. The molecule has 0 fully saturated rings. The molecular weight excluding hydrogens is 412 g/mol. The summed E-state index contributed by atoms with van der Waals surface area (Å²) in [6.45, 7) is 3.31. The Labute approximate surface area is 187 Å². The molecule has 170 valence electrons. The Morgan fingerprint density at radius 1 is 1.03 bits per heavy atom. The van der Waals surface area contributed by atoms with Crippen molar-refractivity contribution in [2.45, 2.75) is 32.2 Å². The molecule has 0 aromatic heterocycles. The van der Waals surface area contributed by atoms with Crippen LogP contribution < -0.4 is 5.32 Å². The van der Waals surface area contributed by atoms with E-state index in [0.717, 1.165) is 27.3 Å². The number of nitrogens with one attached hydrogen (secondary N) is 1. The Morgan fingerprint density at radius 2 is 1.59 bits per heavy atom. The number of amides is 2. The van der Waals surface area contributed by atoms with Crippen molar-refractivity contribution in [1.82, 2.24) is 10.4 Å². The number of hydrogen-bond donors (Lipinski definition) is 2. The molecule has 1 aliphatic carbocycles. The van der Waals surface area contributed by atoms with Crippen LogP contribution in [0.15, 0.2) is 48.5 Å². The fourth-order valence-corrected chi connectivity index (χ4v) is 3.91. The van der Waals surface area contributed by atoms with E-state index in [1.165, 1.54) is 7.05 Å². The quantitative estimate of drug-likeness (QED) is 0.579. The van der Waals surface area contributed by atoms with Gasteiger partial charge in [-0.15, -0.1) is 0 Å². The minimum Gasteiger partial charge on any atom is -0.479 e. The molecule has 0 heterocycles. The number of benzene rings is 2. The van der Waals surface area contributed by atoms with Crippen molar-refractivity contribution in [2.75, 3.05) is 20.3 Å². The zero-order chi connectivity index (χ0) is 23.3. The maximum atomic E-state index is 12.7. The number of carboxylic acid groups (broad SMARTS) is 1. The summed E-state index contributed by atoms with van der Waals surface area (Å²) < 4.78 is 5.52. The van der Waals surface area contributed by atoms with Crippen LogP contribution in [0.4, 0.5) is 4.79 Å². The Morgan fingerprint density at radius 3 is 2.12 bits per heavy atom. The fraction of sp³-hybridized carbons (Fsp3) is 0.375. The third kappa shape index (κ3) is 5.45. The number of likely N-dealkylation sites (N-methyl/N-ethyl adjacent to an activating group) is 1. The molecule has 1 atom stereocenters.